The molecule has 6 heteroatoms. The van der Waals surface area contributed by atoms with Gasteiger partial charge in [0.15, 0.2) is 0 Å². The van der Waals surface area contributed by atoms with Crippen LogP contribution in [0.25, 0.3) is 0 Å². The van der Waals surface area contributed by atoms with Crippen LogP contribution in [0.2, 0.25) is 0 Å². The first-order valence-electron chi connectivity index (χ1n) is 3.91. The van der Waals surface area contributed by atoms with Crippen LogP contribution in [0.5, 0.6) is 0 Å². The van der Waals surface area contributed by atoms with E-state index in [0.29, 0.717) is 11.0 Å². The monoisotopic (exact) mass is 281 g/mol. The highest BCUT2D eigenvalue weighted by molar-refractivity contribution is 9.11. The fourth-order valence-corrected chi connectivity index (χ4v) is 1.32. The van der Waals surface area contributed by atoms with Crippen molar-refractivity contribution >= 4 is 21.7 Å². The lowest BCUT2D eigenvalue weighted by Crippen LogP contribution is -2.22. The molecule has 1 heterocycles. The molecular weight excluding hydrogens is 275 g/mol. The molecule has 2 nitrogen and oxygen atoms in total. The van der Waals surface area contributed by atoms with Crippen LogP contribution in [0.3, 0.4) is 0 Å². The van der Waals surface area contributed by atoms with E-state index in [0.717, 1.165) is 12.3 Å². The number of carbonyl (C=O) groups is 1. The van der Waals surface area contributed by atoms with E-state index in [-0.39, 0.29) is 5.56 Å². The van der Waals surface area contributed by atoms with Crippen LogP contribution in [-0.2, 0) is 6.54 Å². The van der Waals surface area contributed by atoms with Crippen LogP contribution >= 0.6 is 15.9 Å². The fraction of sp³-hybridized carbons (Fsp3) is 0.222. The van der Waals surface area contributed by atoms with Crippen LogP contribution in [-0.4, -0.2) is 16.5 Å². The largest absolute Gasteiger partial charge is 0.454 e. The van der Waals surface area contributed by atoms with E-state index in [1.165, 1.54) is 10.8 Å². The maximum absolute atomic E-state index is 12.0. The van der Waals surface area contributed by atoms with Crippen LogP contribution < -0.4 is 0 Å². The van der Waals surface area contributed by atoms with Crippen LogP contribution in [0, 0.1) is 0 Å². The summed E-state index contributed by atoms with van der Waals surface area (Å²) in [6.45, 7) is 3.87. The summed E-state index contributed by atoms with van der Waals surface area (Å²) in [6, 6.07) is 1.13. The van der Waals surface area contributed by atoms with Gasteiger partial charge in [0.05, 0.1) is 6.54 Å². The molecule has 0 aliphatic heterocycles. The van der Waals surface area contributed by atoms with Crippen molar-refractivity contribution < 1.29 is 18.0 Å². The smallest absolute Gasteiger partial charge is 0.349 e. The number of halogens is 4. The third kappa shape index (κ3) is 3.23. The zero-order chi connectivity index (χ0) is 11.6. The van der Waals surface area contributed by atoms with E-state index in [9.17, 15) is 18.0 Å². The van der Waals surface area contributed by atoms with E-state index >= 15 is 0 Å². The van der Waals surface area contributed by atoms with E-state index in [1.54, 1.807) is 0 Å². The molecule has 1 aromatic rings. The van der Waals surface area contributed by atoms with E-state index in [1.807, 2.05) is 0 Å². The number of hydrogen-bond donors (Lipinski definition) is 0. The maximum atomic E-state index is 12.0. The van der Waals surface area contributed by atoms with Gasteiger partial charge in [-0.1, -0.05) is 22.5 Å². The van der Waals surface area contributed by atoms with Gasteiger partial charge in [-0.05, 0) is 6.07 Å². The first-order chi connectivity index (χ1) is 6.80. The number of Topliss-reactive ketones (excluding diaryl/α,β-unsaturated/α-hetero) is 1. The molecule has 1 aromatic heterocycles. The zero-order valence-electron chi connectivity index (χ0n) is 7.51. The van der Waals surface area contributed by atoms with Crippen LogP contribution in [0.15, 0.2) is 29.5 Å². The average Bonchev–Trinajstić information content (AvgIpc) is 2.48. The second-order valence-electron chi connectivity index (χ2n) is 2.92. The van der Waals surface area contributed by atoms with Crippen LogP contribution in [0.4, 0.5) is 13.2 Å². The molecule has 82 valence electrons. The molecule has 0 aliphatic carbocycles. The Morgan fingerprint density at radius 3 is 2.60 bits per heavy atom. The molecule has 0 aromatic carbocycles. The highest BCUT2D eigenvalue weighted by Crippen LogP contribution is 2.21. The van der Waals surface area contributed by atoms with Crippen molar-refractivity contribution in [2.45, 2.75) is 12.7 Å². The number of allylic oxidation sites excluding steroid dienone is 1. The Kier molecular flexibility index (Phi) is 3.38. The summed E-state index contributed by atoms with van der Waals surface area (Å²) in [5.41, 5.74) is -0.365. The van der Waals surface area contributed by atoms with Gasteiger partial charge in [-0.25, -0.2) is 0 Å². The third-order valence-electron chi connectivity index (χ3n) is 1.62. The fourth-order valence-electron chi connectivity index (χ4n) is 1.04. The van der Waals surface area contributed by atoms with E-state index < -0.39 is 12.0 Å². The summed E-state index contributed by atoms with van der Waals surface area (Å²) < 4.78 is 38.1. The lowest BCUT2D eigenvalue weighted by Gasteiger charge is -2.02. The van der Waals surface area contributed by atoms with Gasteiger partial charge in [0.2, 0.25) is 0 Å². The van der Waals surface area contributed by atoms with Crippen molar-refractivity contribution in [3.8, 4) is 0 Å². The number of ketones is 1. The number of rotatable bonds is 3. The molecule has 15 heavy (non-hydrogen) atoms. The van der Waals surface area contributed by atoms with Crippen molar-refractivity contribution in [2.75, 3.05) is 0 Å². The molecule has 0 radical (unpaired) electrons. The standard InChI is InChI=1S/C9H7BrF3NO/c1-6(10)4-14-3-2-7(5-14)8(15)9(11,12)13/h2-3,5H,1,4H2. The van der Waals surface area contributed by atoms with E-state index in [2.05, 4.69) is 22.5 Å². The molecule has 0 N–H and O–H groups in total. The lowest BCUT2D eigenvalue weighted by atomic mass is 10.2. The van der Waals surface area contributed by atoms with Gasteiger partial charge in [0, 0.05) is 22.4 Å². The van der Waals surface area contributed by atoms with E-state index in [4.69, 9.17) is 0 Å². The summed E-state index contributed by atoms with van der Waals surface area (Å²) in [4.78, 5) is 10.8. The van der Waals surface area contributed by atoms with Crippen LogP contribution in [0.1, 0.15) is 10.4 Å². The summed E-state index contributed by atoms with van der Waals surface area (Å²) in [5, 5.41) is 0. The molecule has 0 amide bonds. The molecule has 0 aliphatic rings. The highest BCUT2D eigenvalue weighted by Gasteiger charge is 2.39. The van der Waals surface area contributed by atoms with Gasteiger partial charge < -0.3 is 4.57 Å². The average molecular weight is 282 g/mol. The van der Waals surface area contributed by atoms with Crippen molar-refractivity contribution in [2.24, 2.45) is 0 Å². The van der Waals surface area contributed by atoms with Crippen molar-refractivity contribution in [1.82, 2.24) is 4.57 Å². The number of alkyl halides is 3. The van der Waals surface area contributed by atoms with Crippen molar-refractivity contribution in [1.29, 1.82) is 0 Å². The SMILES string of the molecule is C=C(Br)Cn1ccc(C(=O)C(F)(F)F)c1. The van der Waals surface area contributed by atoms with Gasteiger partial charge in [-0.15, -0.1) is 0 Å². The van der Waals surface area contributed by atoms with Gasteiger partial charge in [0.1, 0.15) is 0 Å². The predicted octanol–water partition coefficient (Wildman–Crippen LogP) is 3.14. The Hall–Kier alpha value is -1.04. The lowest BCUT2D eigenvalue weighted by molar-refractivity contribution is -0.0885. The van der Waals surface area contributed by atoms with Gasteiger partial charge in [-0.2, -0.15) is 13.2 Å². The summed E-state index contributed by atoms with van der Waals surface area (Å²) in [5.74, 6) is -1.83. The highest BCUT2D eigenvalue weighted by atomic mass is 79.9. The molecule has 1 rings (SSSR count). The minimum atomic E-state index is -4.82. The quantitative estimate of drug-likeness (QED) is 0.781. The molecule has 0 saturated heterocycles. The number of aromatic nitrogens is 1. The molecule has 0 unspecified atom stereocenters. The molecule has 0 fully saturated rings. The van der Waals surface area contributed by atoms with Gasteiger partial charge in [0.25, 0.3) is 5.78 Å². The minimum Gasteiger partial charge on any atom is -0.349 e. The first-order valence-corrected chi connectivity index (χ1v) is 4.70. The number of nitrogens with zero attached hydrogens (tertiary/aromatic N) is 1. The number of hydrogen-bond acceptors (Lipinski definition) is 1. The summed E-state index contributed by atoms with van der Waals surface area (Å²) in [7, 11) is 0. The second kappa shape index (κ2) is 4.22. The van der Waals surface area contributed by atoms with Gasteiger partial charge >= 0.3 is 6.18 Å². The Morgan fingerprint density at radius 2 is 2.13 bits per heavy atom. The maximum Gasteiger partial charge on any atom is 0.454 e. The molecule has 0 saturated carbocycles. The molecule has 0 atom stereocenters. The number of carbonyl (C=O) groups excluding carboxylic acids is 1. The molecule has 0 bridgehead atoms. The second-order valence-corrected chi connectivity index (χ2v) is 4.04. The normalized spacial score (nSPS) is 11.5. The molecular formula is C9H7BrF3NO. The Morgan fingerprint density at radius 1 is 1.53 bits per heavy atom. The van der Waals surface area contributed by atoms with Crippen molar-refractivity contribution in [3.05, 3.63) is 35.1 Å². The Balaban J connectivity index is 2.85. The Labute approximate surface area is 92.5 Å². The summed E-state index contributed by atoms with van der Waals surface area (Å²) in [6.07, 6.45) is -2.29. The minimum absolute atomic E-state index is 0.325. The third-order valence-corrected chi connectivity index (χ3v) is 1.88. The first kappa shape index (κ1) is 12.0. The Bertz CT molecular complexity index is 394. The zero-order valence-corrected chi connectivity index (χ0v) is 9.10. The van der Waals surface area contributed by atoms with Gasteiger partial charge in [-0.3, -0.25) is 4.79 Å². The van der Waals surface area contributed by atoms with Crippen molar-refractivity contribution in [3.63, 3.8) is 0 Å². The summed E-state index contributed by atoms with van der Waals surface area (Å²) >= 11 is 3.07. The predicted molar refractivity (Wildman–Crippen MR) is 52.9 cm³/mol. The topological polar surface area (TPSA) is 22.0 Å². The molecule has 0 spiro atoms.